The van der Waals surface area contributed by atoms with Crippen molar-refractivity contribution in [3.8, 4) is 12.1 Å². The van der Waals surface area contributed by atoms with Gasteiger partial charge in [0.05, 0.1) is 11.9 Å². The van der Waals surface area contributed by atoms with Crippen molar-refractivity contribution in [1.82, 2.24) is 9.55 Å². The Morgan fingerprint density at radius 3 is 2.42 bits per heavy atom. The third-order valence-corrected chi connectivity index (χ3v) is 5.14. The monoisotopic (exact) mass is 442 g/mol. The zero-order valence-electron chi connectivity index (χ0n) is 18.1. The molecule has 31 heavy (non-hydrogen) atoms. The fourth-order valence-corrected chi connectivity index (χ4v) is 3.58. The number of nitrogens with one attached hydrogen (secondary N) is 1. The van der Waals surface area contributed by atoms with Crippen molar-refractivity contribution in [3.63, 3.8) is 0 Å². The molecule has 2 rings (SSSR count). The van der Waals surface area contributed by atoms with E-state index in [9.17, 15) is 18.9 Å². The first-order valence-electron chi connectivity index (χ1n) is 9.97. The predicted octanol–water partition coefficient (Wildman–Crippen LogP) is 4.06. The number of unbranched alkanes of at least 4 members (excludes halogenated alkanes) is 1. The van der Waals surface area contributed by atoms with E-state index in [1.165, 1.54) is 0 Å². The molecule has 0 saturated carbocycles. The summed E-state index contributed by atoms with van der Waals surface area (Å²) in [5.41, 5.74) is 1.54. The standard InChI is InChI=1S/C20H26N8O2S/c1-5-8-11-28-19(14-22)18(13-21)23-20(28)25-24-16-10-9-15(27(6-2)7-3)12-17(16)26-31(4,29)30/h9-10,12,26H,5-8,11H2,1-4H3. The molecular formula is C20H26N8O2S. The van der Waals surface area contributed by atoms with Gasteiger partial charge in [0.2, 0.25) is 10.0 Å². The molecular weight excluding hydrogens is 416 g/mol. The number of nitrogens with zero attached hydrogens (tertiary/aromatic N) is 7. The highest BCUT2D eigenvalue weighted by Gasteiger charge is 2.17. The van der Waals surface area contributed by atoms with Gasteiger partial charge in [-0.25, -0.2) is 8.42 Å². The molecule has 0 bridgehead atoms. The van der Waals surface area contributed by atoms with E-state index < -0.39 is 10.0 Å². The van der Waals surface area contributed by atoms with E-state index in [0.717, 1.165) is 37.9 Å². The molecule has 164 valence electrons. The summed E-state index contributed by atoms with van der Waals surface area (Å²) in [6.45, 7) is 8.03. The molecule has 0 saturated heterocycles. The molecule has 0 unspecified atom stereocenters. The zero-order chi connectivity index (χ0) is 23.0. The van der Waals surface area contributed by atoms with Gasteiger partial charge < -0.3 is 4.90 Å². The molecule has 11 heteroatoms. The summed E-state index contributed by atoms with van der Waals surface area (Å²) in [6, 6.07) is 9.10. The molecule has 1 aromatic carbocycles. The van der Waals surface area contributed by atoms with Crippen LogP contribution in [0.1, 0.15) is 45.0 Å². The highest BCUT2D eigenvalue weighted by molar-refractivity contribution is 7.92. The fraction of sp³-hybridized carbons (Fsp3) is 0.450. The summed E-state index contributed by atoms with van der Waals surface area (Å²) in [5, 5.41) is 27.0. The minimum Gasteiger partial charge on any atom is -0.372 e. The summed E-state index contributed by atoms with van der Waals surface area (Å²) >= 11 is 0. The van der Waals surface area contributed by atoms with Crippen LogP contribution >= 0.6 is 0 Å². The van der Waals surface area contributed by atoms with Crippen LogP contribution in [0.2, 0.25) is 0 Å². The van der Waals surface area contributed by atoms with Gasteiger partial charge in [-0.1, -0.05) is 13.3 Å². The minimum absolute atomic E-state index is 0.0149. The van der Waals surface area contributed by atoms with Crippen molar-refractivity contribution >= 4 is 33.0 Å². The Kier molecular flexibility index (Phi) is 8.11. The number of benzene rings is 1. The maximum absolute atomic E-state index is 11.9. The number of azo groups is 1. The van der Waals surface area contributed by atoms with Crippen molar-refractivity contribution in [2.45, 2.75) is 40.2 Å². The third kappa shape index (κ3) is 6.03. The summed E-state index contributed by atoms with van der Waals surface area (Å²) in [5.74, 6) is 0.125. The highest BCUT2D eigenvalue weighted by atomic mass is 32.2. The predicted molar refractivity (Wildman–Crippen MR) is 119 cm³/mol. The molecule has 1 N–H and O–H groups in total. The van der Waals surface area contributed by atoms with Crippen LogP contribution in [0.3, 0.4) is 0 Å². The van der Waals surface area contributed by atoms with Gasteiger partial charge >= 0.3 is 0 Å². The van der Waals surface area contributed by atoms with E-state index in [1.54, 1.807) is 16.7 Å². The number of sulfonamides is 1. The summed E-state index contributed by atoms with van der Waals surface area (Å²) in [4.78, 5) is 6.19. The lowest BCUT2D eigenvalue weighted by molar-refractivity contribution is 0.607. The van der Waals surface area contributed by atoms with Gasteiger partial charge in [-0.2, -0.15) is 15.5 Å². The van der Waals surface area contributed by atoms with E-state index in [0.29, 0.717) is 12.2 Å². The van der Waals surface area contributed by atoms with Crippen LogP contribution in [0.15, 0.2) is 28.4 Å². The molecule has 0 fully saturated rings. The molecule has 0 aliphatic heterocycles. The first-order valence-corrected chi connectivity index (χ1v) is 11.9. The Morgan fingerprint density at radius 1 is 1.16 bits per heavy atom. The van der Waals surface area contributed by atoms with Crippen LogP contribution in [0.5, 0.6) is 0 Å². The molecule has 0 amide bonds. The van der Waals surface area contributed by atoms with E-state index in [1.807, 2.05) is 39.0 Å². The van der Waals surface area contributed by atoms with Crippen molar-refractivity contribution in [3.05, 3.63) is 29.6 Å². The van der Waals surface area contributed by atoms with Crippen LogP contribution in [0.4, 0.5) is 23.0 Å². The highest BCUT2D eigenvalue weighted by Crippen LogP contribution is 2.32. The Morgan fingerprint density at radius 2 is 1.87 bits per heavy atom. The zero-order valence-corrected chi connectivity index (χ0v) is 18.9. The lowest BCUT2D eigenvalue weighted by atomic mass is 10.2. The van der Waals surface area contributed by atoms with Crippen molar-refractivity contribution in [2.75, 3.05) is 29.0 Å². The molecule has 0 aliphatic carbocycles. The minimum atomic E-state index is -3.55. The number of rotatable bonds is 10. The number of imidazole rings is 1. The van der Waals surface area contributed by atoms with Crippen LogP contribution in [0.25, 0.3) is 0 Å². The average Bonchev–Trinajstić information content (AvgIpc) is 3.07. The van der Waals surface area contributed by atoms with Crippen LogP contribution in [0, 0.1) is 22.7 Å². The van der Waals surface area contributed by atoms with Gasteiger partial charge in [-0.3, -0.25) is 9.29 Å². The number of aromatic nitrogens is 2. The molecule has 1 heterocycles. The molecule has 0 radical (unpaired) electrons. The lowest BCUT2D eigenvalue weighted by Crippen LogP contribution is -2.22. The SMILES string of the molecule is CCCCn1c(N=Nc2ccc(N(CC)CC)cc2NS(C)(=O)=O)nc(C#N)c1C#N. The Hall–Kier alpha value is -3.44. The average molecular weight is 443 g/mol. The summed E-state index contributed by atoms with van der Waals surface area (Å²) < 4.78 is 27.8. The molecule has 2 aromatic rings. The molecule has 0 aliphatic rings. The van der Waals surface area contributed by atoms with Crippen LogP contribution in [-0.2, 0) is 16.6 Å². The second-order valence-corrected chi connectivity index (χ2v) is 8.53. The first-order chi connectivity index (χ1) is 14.8. The first kappa shape index (κ1) is 23.8. The number of hydrogen-bond acceptors (Lipinski definition) is 8. The topological polar surface area (TPSA) is 140 Å². The van der Waals surface area contributed by atoms with Crippen LogP contribution in [-0.4, -0.2) is 37.3 Å². The summed E-state index contributed by atoms with van der Waals surface area (Å²) in [7, 11) is -3.55. The van der Waals surface area contributed by atoms with Gasteiger partial charge in [0.15, 0.2) is 11.4 Å². The van der Waals surface area contributed by atoms with Crippen molar-refractivity contribution in [2.24, 2.45) is 10.2 Å². The second kappa shape index (κ2) is 10.5. The van der Waals surface area contributed by atoms with Gasteiger partial charge in [0.1, 0.15) is 17.8 Å². The number of anilines is 2. The van der Waals surface area contributed by atoms with Gasteiger partial charge in [-0.05, 0) is 38.5 Å². The Labute approximate surface area is 182 Å². The summed E-state index contributed by atoms with van der Waals surface area (Å²) in [6.07, 6.45) is 2.72. The quantitative estimate of drug-likeness (QED) is 0.550. The molecule has 0 atom stereocenters. The maximum Gasteiger partial charge on any atom is 0.251 e. The van der Waals surface area contributed by atoms with Crippen molar-refractivity contribution < 1.29 is 8.42 Å². The fourth-order valence-electron chi connectivity index (χ4n) is 3.01. The normalized spacial score (nSPS) is 11.3. The van der Waals surface area contributed by atoms with E-state index in [2.05, 4.69) is 24.8 Å². The second-order valence-electron chi connectivity index (χ2n) is 6.79. The third-order valence-electron chi connectivity index (χ3n) is 4.55. The van der Waals surface area contributed by atoms with Gasteiger partial charge in [-0.15, -0.1) is 10.2 Å². The Balaban J connectivity index is 2.53. The van der Waals surface area contributed by atoms with Gasteiger partial charge in [0, 0.05) is 25.3 Å². The van der Waals surface area contributed by atoms with Gasteiger partial charge in [0.25, 0.3) is 5.95 Å². The van der Waals surface area contributed by atoms with E-state index >= 15 is 0 Å². The number of hydrogen-bond donors (Lipinski definition) is 1. The molecule has 10 nitrogen and oxygen atoms in total. The molecule has 0 spiro atoms. The van der Waals surface area contributed by atoms with E-state index in [4.69, 9.17) is 0 Å². The van der Waals surface area contributed by atoms with E-state index in [-0.39, 0.29) is 23.0 Å². The number of nitriles is 2. The van der Waals surface area contributed by atoms with Crippen LogP contribution < -0.4 is 9.62 Å². The largest absolute Gasteiger partial charge is 0.372 e. The maximum atomic E-state index is 11.9. The lowest BCUT2D eigenvalue weighted by Gasteiger charge is -2.22. The smallest absolute Gasteiger partial charge is 0.251 e. The molecule has 1 aromatic heterocycles. The van der Waals surface area contributed by atoms with Crippen molar-refractivity contribution in [1.29, 1.82) is 10.5 Å². The Bertz CT molecular complexity index is 1140.